The van der Waals surface area contributed by atoms with Gasteiger partial charge in [0.25, 0.3) is 0 Å². The van der Waals surface area contributed by atoms with Crippen molar-refractivity contribution in [1.29, 1.82) is 0 Å². The maximum absolute atomic E-state index is 11.1. The van der Waals surface area contributed by atoms with Gasteiger partial charge in [0, 0.05) is 13.3 Å². The number of hydrogen-bond acceptors (Lipinski definition) is 3. The van der Waals surface area contributed by atoms with Gasteiger partial charge in [-0.05, 0) is 13.3 Å². The Morgan fingerprint density at radius 3 is 2.33 bits per heavy atom. The SMILES string of the molecule is CC(=O)C1CCC(=O)N1C(C)=O. The lowest BCUT2D eigenvalue weighted by molar-refractivity contribution is -0.145. The van der Waals surface area contributed by atoms with E-state index in [1.165, 1.54) is 13.8 Å². The van der Waals surface area contributed by atoms with Crippen LogP contribution < -0.4 is 0 Å². The standard InChI is InChI=1S/C8H11NO3/c1-5(10)7-3-4-8(12)9(7)6(2)11/h7H,3-4H2,1-2H3. The molecule has 1 fully saturated rings. The molecule has 1 aliphatic heterocycles. The fourth-order valence-electron chi connectivity index (χ4n) is 1.46. The summed E-state index contributed by atoms with van der Waals surface area (Å²) >= 11 is 0. The van der Waals surface area contributed by atoms with E-state index in [-0.39, 0.29) is 17.6 Å². The van der Waals surface area contributed by atoms with E-state index in [1.54, 1.807) is 0 Å². The third-order valence-corrected chi connectivity index (χ3v) is 2.02. The van der Waals surface area contributed by atoms with E-state index >= 15 is 0 Å². The number of Topliss-reactive ketones (excluding diaryl/α,β-unsaturated/α-hetero) is 1. The molecule has 1 atom stereocenters. The fraction of sp³-hybridized carbons (Fsp3) is 0.625. The monoisotopic (exact) mass is 169 g/mol. The van der Waals surface area contributed by atoms with Crippen LogP contribution >= 0.6 is 0 Å². The molecule has 0 N–H and O–H groups in total. The Bertz CT molecular complexity index is 247. The van der Waals surface area contributed by atoms with Crippen molar-refractivity contribution in [2.24, 2.45) is 0 Å². The fourth-order valence-corrected chi connectivity index (χ4v) is 1.46. The predicted molar refractivity (Wildman–Crippen MR) is 41.2 cm³/mol. The lowest BCUT2D eigenvalue weighted by Gasteiger charge is -2.18. The minimum atomic E-state index is -0.505. The zero-order chi connectivity index (χ0) is 9.30. The number of carbonyl (C=O) groups excluding carboxylic acids is 3. The lowest BCUT2D eigenvalue weighted by atomic mass is 10.1. The molecule has 1 aliphatic rings. The Balaban J connectivity index is 2.84. The van der Waals surface area contributed by atoms with Crippen molar-refractivity contribution in [3.8, 4) is 0 Å². The molecule has 66 valence electrons. The Morgan fingerprint density at radius 2 is 2.00 bits per heavy atom. The number of carbonyl (C=O) groups is 3. The van der Waals surface area contributed by atoms with Crippen LogP contribution in [0.3, 0.4) is 0 Å². The first kappa shape index (κ1) is 8.90. The van der Waals surface area contributed by atoms with E-state index in [4.69, 9.17) is 0 Å². The van der Waals surface area contributed by atoms with Gasteiger partial charge in [-0.3, -0.25) is 19.3 Å². The molecule has 1 heterocycles. The van der Waals surface area contributed by atoms with Crippen LogP contribution in [0, 0.1) is 0 Å². The number of nitrogens with zero attached hydrogens (tertiary/aromatic N) is 1. The van der Waals surface area contributed by atoms with Gasteiger partial charge in [-0.2, -0.15) is 0 Å². The maximum Gasteiger partial charge on any atom is 0.229 e. The normalized spacial score (nSPS) is 23.0. The van der Waals surface area contributed by atoms with Gasteiger partial charge in [0.15, 0.2) is 5.78 Å². The molecule has 1 unspecified atom stereocenters. The highest BCUT2D eigenvalue weighted by Gasteiger charge is 2.36. The van der Waals surface area contributed by atoms with Gasteiger partial charge in [-0.25, -0.2) is 0 Å². The summed E-state index contributed by atoms with van der Waals surface area (Å²) in [5, 5.41) is 0. The molecule has 0 saturated carbocycles. The maximum atomic E-state index is 11.1. The zero-order valence-electron chi connectivity index (χ0n) is 7.16. The Morgan fingerprint density at radius 1 is 1.42 bits per heavy atom. The topological polar surface area (TPSA) is 54.5 Å². The van der Waals surface area contributed by atoms with Gasteiger partial charge in [0.1, 0.15) is 0 Å². The molecule has 0 aromatic rings. The Hall–Kier alpha value is -1.19. The summed E-state index contributed by atoms with van der Waals surface area (Å²) in [6, 6.07) is -0.505. The van der Waals surface area contributed by atoms with Gasteiger partial charge >= 0.3 is 0 Å². The molecular formula is C8H11NO3. The largest absolute Gasteiger partial charge is 0.298 e. The molecule has 12 heavy (non-hydrogen) atoms. The van der Waals surface area contributed by atoms with Crippen LogP contribution in [0.4, 0.5) is 0 Å². The van der Waals surface area contributed by atoms with Crippen LogP contribution in [0.25, 0.3) is 0 Å². The van der Waals surface area contributed by atoms with Crippen LogP contribution in [0.15, 0.2) is 0 Å². The third-order valence-electron chi connectivity index (χ3n) is 2.02. The van der Waals surface area contributed by atoms with Gasteiger partial charge in [-0.15, -0.1) is 0 Å². The summed E-state index contributed by atoms with van der Waals surface area (Å²) in [6.07, 6.45) is 0.789. The van der Waals surface area contributed by atoms with Gasteiger partial charge in [-0.1, -0.05) is 0 Å². The molecule has 0 bridgehead atoms. The average molecular weight is 169 g/mol. The predicted octanol–water partition coefficient (Wildman–Crippen LogP) is 0.113. The lowest BCUT2D eigenvalue weighted by Crippen LogP contribution is -2.40. The van der Waals surface area contributed by atoms with Gasteiger partial charge in [0.05, 0.1) is 6.04 Å². The number of rotatable bonds is 1. The van der Waals surface area contributed by atoms with Crippen molar-refractivity contribution in [3.63, 3.8) is 0 Å². The van der Waals surface area contributed by atoms with Gasteiger partial charge in [0.2, 0.25) is 11.8 Å². The molecule has 4 nitrogen and oxygen atoms in total. The molecule has 0 aromatic carbocycles. The summed E-state index contributed by atoms with van der Waals surface area (Å²) in [6.45, 7) is 2.71. The smallest absolute Gasteiger partial charge is 0.229 e. The molecule has 4 heteroatoms. The minimum absolute atomic E-state index is 0.115. The highest BCUT2D eigenvalue weighted by atomic mass is 16.2. The number of amides is 2. The minimum Gasteiger partial charge on any atom is -0.298 e. The second-order valence-corrected chi connectivity index (χ2v) is 2.95. The van der Waals surface area contributed by atoms with E-state index in [2.05, 4.69) is 0 Å². The van der Waals surface area contributed by atoms with Crippen LogP contribution in [-0.4, -0.2) is 28.5 Å². The summed E-state index contributed by atoms with van der Waals surface area (Å²) in [7, 11) is 0. The number of imide groups is 1. The summed E-state index contributed by atoms with van der Waals surface area (Å²) in [4.78, 5) is 34.0. The van der Waals surface area contributed by atoms with Crippen LogP contribution in [-0.2, 0) is 14.4 Å². The second kappa shape index (κ2) is 3.05. The Labute approximate surface area is 70.5 Å². The summed E-state index contributed by atoms with van der Waals surface area (Å²) < 4.78 is 0. The van der Waals surface area contributed by atoms with E-state index in [9.17, 15) is 14.4 Å². The first-order valence-electron chi connectivity index (χ1n) is 3.87. The van der Waals surface area contributed by atoms with Crippen molar-refractivity contribution in [2.45, 2.75) is 32.7 Å². The van der Waals surface area contributed by atoms with Crippen molar-refractivity contribution >= 4 is 17.6 Å². The molecule has 0 aromatic heterocycles. The van der Waals surface area contributed by atoms with Crippen LogP contribution in [0.2, 0.25) is 0 Å². The number of hydrogen-bond donors (Lipinski definition) is 0. The number of ketones is 1. The van der Waals surface area contributed by atoms with Crippen molar-refractivity contribution in [3.05, 3.63) is 0 Å². The second-order valence-electron chi connectivity index (χ2n) is 2.95. The first-order chi connectivity index (χ1) is 5.54. The van der Waals surface area contributed by atoms with Crippen molar-refractivity contribution in [2.75, 3.05) is 0 Å². The molecule has 0 aliphatic carbocycles. The van der Waals surface area contributed by atoms with Crippen LogP contribution in [0.5, 0.6) is 0 Å². The van der Waals surface area contributed by atoms with Gasteiger partial charge < -0.3 is 0 Å². The quantitative estimate of drug-likeness (QED) is 0.560. The highest BCUT2D eigenvalue weighted by Crippen LogP contribution is 2.19. The average Bonchev–Trinajstić information content (AvgIpc) is 2.30. The van der Waals surface area contributed by atoms with Crippen molar-refractivity contribution in [1.82, 2.24) is 4.90 Å². The molecule has 2 amide bonds. The summed E-state index contributed by atoms with van der Waals surface area (Å²) in [5.74, 6) is -0.684. The molecule has 1 saturated heterocycles. The number of likely N-dealkylation sites (tertiary alicyclic amines) is 1. The molecule has 0 spiro atoms. The highest BCUT2D eigenvalue weighted by molar-refractivity contribution is 6.01. The zero-order valence-corrected chi connectivity index (χ0v) is 7.16. The van der Waals surface area contributed by atoms with E-state index in [1.807, 2.05) is 0 Å². The van der Waals surface area contributed by atoms with Crippen molar-refractivity contribution < 1.29 is 14.4 Å². The molecule has 0 radical (unpaired) electrons. The first-order valence-corrected chi connectivity index (χ1v) is 3.87. The Kier molecular flexibility index (Phi) is 2.26. The van der Waals surface area contributed by atoms with E-state index in [0.717, 1.165) is 4.90 Å². The van der Waals surface area contributed by atoms with E-state index in [0.29, 0.717) is 12.8 Å². The molecule has 1 rings (SSSR count). The van der Waals surface area contributed by atoms with E-state index < -0.39 is 6.04 Å². The summed E-state index contributed by atoms with van der Waals surface area (Å²) in [5.41, 5.74) is 0. The van der Waals surface area contributed by atoms with Crippen LogP contribution in [0.1, 0.15) is 26.7 Å². The molecular weight excluding hydrogens is 158 g/mol. The third kappa shape index (κ3) is 1.37.